The van der Waals surface area contributed by atoms with Gasteiger partial charge in [0.05, 0.1) is 12.5 Å². The Labute approximate surface area is 155 Å². The van der Waals surface area contributed by atoms with E-state index in [1.54, 1.807) is 0 Å². The molecule has 8 heteroatoms. The van der Waals surface area contributed by atoms with Gasteiger partial charge in [-0.3, -0.25) is 4.90 Å². The smallest absolute Gasteiger partial charge is 0.208 e. The average Bonchev–Trinajstić information content (AvgIpc) is 2.99. The third kappa shape index (κ3) is 4.81. The monoisotopic (exact) mass is 379 g/mol. The molecule has 0 bridgehead atoms. The van der Waals surface area contributed by atoms with Gasteiger partial charge in [-0.1, -0.05) is 6.42 Å². The van der Waals surface area contributed by atoms with E-state index in [9.17, 15) is 8.42 Å². The van der Waals surface area contributed by atoms with Crippen LogP contribution < -0.4 is 4.72 Å². The molecule has 0 aromatic carbocycles. The summed E-state index contributed by atoms with van der Waals surface area (Å²) in [7, 11) is -3.12. The third-order valence-electron chi connectivity index (χ3n) is 4.96. The quantitative estimate of drug-likeness (QED) is 0.798. The molecule has 2 aromatic heterocycles. The molecule has 0 spiro atoms. The summed E-state index contributed by atoms with van der Waals surface area (Å²) >= 11 is 0. The second-order valence-corrected chi connectivity index (χ2v) is 9.35. The Morgan fingerprint density at radius 2 is 2.12 bits per heavy atom. The number of piperidine rings is 1. The summed E-state index contributed by atoms with van der Waals surface area (Å²) in [5.41, 5.74) is 2.11. The lowest BCUT2D eigenvalue weighted by Gasteiger charge is -2.35. The maximum absolute atomic E-state index is 11.3. The minimum absolute atomic E-state index is 0.291. The van der Waals surface area contributed by atoms with E-state index >= 15 is 0 Å². The average molecular weight is 380 g/mol. The Balaban J connectivity index is 1.68. The van der Waals surface area contributed by atoms with E-state index < -0.39 is 10.0 Å². The Kier molecular flexibility index (Phi) is 5.94. The summed E-state index contributed by atoms with van der Waals surface area (Å²) in [4.78, 5) is 7.09. The Bertz CT molecular complexity index is 846. The highest BCUT2D eigenvalue weighted by atomic mass is 32.2. The first kappa shape index (κ1) is 19.3. The Morgan fingerprint density at radius 3 is 2.85 bits per heavy atom. The molecular weight excluding hydrogens is 350 g/mol. The Morgan fingerprint density at radius 1 is 1.31 bits per heavy atom. The minimum atomic E-state index is -3.12. The molecule has 3 rings (SSSR count). The van der Waals surface area contributed by atoms with E-state index in [2.05, 4.69) is 39.6 Å². The van der Waals surface area contributed by atoms with Gasteiger partial charge in [0.25, 0.3) is 0 Å². The molecule has 0 amide bonds. The third-order valence-corrected chi connectivity index (χ3v) is 5.68. The van der Waals surface area contributed by atoms with Crippen molar-refractivity contribution in [2.75, 3.05) is 19.3 Å². The van der Waals surface area contributed by atoms with Crippen LogP contribution in [-0.2, 0) is 16.6 Å². The molecule has 1 fully saturated rings. The summed E-state index contributed by atoms with van der Waals surface area (Å²) in [5.74, 6) is 0. The SMILES string of the molecule is CC(C)n1ncc2cc(CN3CCCCC3CCNS(C)(=O)=O)cnc21. The van der Waals surface area contributed by atoms with Gasteiger partial charge in [-0.05, 0) is 51.3 Å². The topological polar surface area (TPSA) is 80.1 Å². The largest absolute Gasteiger partial charge is 0.296 e. The number of aromatic nitrogens is 3. The molecule has 1 N–H and O–H groups in total. The first-order chi connectivity index (χ1) is 12.3. The molecule has 0 saturated carbocycles. The highest BCUT2D eigenvalue weighted by Crippen LogP contribution is 2.23. The number of nitrogens with zero attached hydrogens (tertiary/aromatic N) is 4. The lowest BCUT2D eigenvalue weighted by molar-refractivity contribution is 0.133. The van der Waals surface area contributed by atoms with Crippen LogP contribution in [0.15, 0.2) is 18.5 Å². The molecule has 1 unspecified atom stereocenters. The van der Waals surface area contributed by atoms with E-state index in [0.29, 0.717) is 18.6 Å². The number of pyridine rings is 1. The van der Waals surface area contributed by atoms with Gasteiger partial charge in [0.15, 0.2) is 5.65 Å². The van der Waals surface area contributed by atoms with Gasteiger partial charge in [-0.2, -0.15) is 5.10 Å². The van der Waals surface area contributed by atoms with Gasteiger partial charge in [-0.25, -0.2) is 22.8 Å². The molecule has 26 heavy (non-hydrogen) atoms. The first-order valence-electron chi connectivity index (χ1n) is 9.34. The van der Waals surface area contributed by atoms with E-state index in [1.165, 1.54) is 24.7 Å². The van der Waals surface area contributed by atoms with Gasteiger partial charge < -0.3 is 0 Å². The minimum Gasteiger partial charge on any atom is -0.296 e. The molecule has 144 valence electrons. The van der Waals surface area contributed by atoms with Crippen LogP contribution in [0.1, 0.15) is 51.1 Å². The van der Waals surface area contributed by atoms with Crippen LogP contribution in [0.25, 0.3) is 11.0 Å². The molecule has 3 heterocycles. The molecule has 0 radical (unpaired) electrons. The van der Waals surface area contributed by atoms with Crippen molar-refractivity contribution < 1.29 is 8.42 Å². The number of fused-ring (bicyclic) bond motifs is 1. The maximum atomic E-state index is 11.3. The molecule has 1 atom stereocenters. The molecule has 2 aromatic rings. The normalized spacial score (nSPS) is 19.5. The number of hydrogen-bond donors (Lipinski definition) is 1. The molecule has 1 aliphatic rings. The second-order valence-electron chi connectivity index (χ2n) is 7.51. The predicted octanol–water partition coefficient (Wildman–Crippen LogP) is 2.31. The summed E-state index contributed by atoms with van der Waals surface area (Å²) in [6.45, 7) is 6.60. The number of hydrogen-bond acceptors (Lipinski definition) is 5. The predicted molar refractivity (Wildman–Crippen MR) is 103 cm³/mol. The van der Waals surface area contributed by atoms with E-state index in [0.717, 1.165) is 37.0 Å². The maximum Gasteiger partial charge on any atom is 0.208 e. The van der Waals surface area contributed by atoms with Crippen molar-refractivity contribution in [2.24, 2.45) is 0 Å². The van der Waals surface area contributed by atoms with Crippen LogP contribution in [-0.4, -0.2) is 53.5 Å². The van der Waals surface area contributed by atoms with Crippen molar-refractivity contribution in [1.29, 1.82) is 0 Å². The molecule has 1 aliphatic heterocycles. The zero-order valence-corrected chi connectivity index (χ0v) is 16.7. The zero-order valence-electron chi connectivity index (χ0n) is 15.9. The second kappa shape index (κ2) is 8.02. The van der Waals surface area contributed by atoms with Gasteiger partial charge in [0.2, 0.25) is 10.0 Å². The van der Waals surface area contributed by atoms with Crippen molar-refractivity contribution in [1.82, 2.24) is 24.4 Å². The number of likely N-dealkylation sites (tertiary alicyclic amines) is 1. The van der Waals surface area contributed by atoms with Crippen LogP contribution in [0.3, 0.4) is 0 Å². The van der Waals surface area contributed by atoms with Crippen LogP contribution in [0.4, 0.5) is 0 Å². The molecule has 0 aliphatic carbocycles. The highest BCUT2D eigenvalue weighted by molar-refractivity contribution is 7.88. The summed E-state index contributed by atoms with van der Waals surface area (Å²) < 4.78 is 27.1. The summed E-state index contributed by atoms with van der Waals surface area (Å²) in [6, 6.07) is 2.88. The van der Waals surface area contributed by atoms with Crippen molar-refractivity contribution in [3.05, 3.63) is 24.0 Å². The van der Waals surface area contributed by atoms with Crippen molar-refractivity contribution in [3.63, 3.8) is 0 Å². The number of rotatable bonds is 7. The van der Waals surface area contributed by atoms with Gasteiger partial charge >= 0.3 is 0 Å². The lowest BCUT2D eigenvalue weighted by atomic mass is 9.98. The van der Waals surface area contributed by atoms with Crippen LogP contribution in [0.2, 0.25) is 0 Å². The summed E-state index contributed by atoms with van der Waals surface area (Å²) in [5, 5.41) is 5.51. The van der Waals surface area contributed by atoms with Crippen LogP contribution in [0, 0.1) is 0 Å². The molecule has 7 nitrogen and oxygen atoms in total. The van der Waals surface area contributed by atoms with Crippen molar-refractivity contribution in [2.45, 2.75) is 58.2 Å². The fourth-order valence-corrected chi connectivity index (χ4v) is 4.18. The van der Waals surface area contributed by atoms with Crippen LogP contribution in [0.5, 0.6) is 0 Å². The van der Waals surface area contributed by atoms with E-state index in [4.69, 9.17) is 0 Å². The van der Waals surface area contributed by atoms with Gasteiger partial charge in [0.1, 0.15) is 0 Å². The van der Waals surface area contributed by atoms with Crippen LogP contribution >= 0.6 is 0 Å². The highest BCUT2D eigenvalue weighted by Gasteiger charge is 2.23. The fraction of sp³-hybridized carbons (Fsp3) is 0.667. The Hall–Kier alpha value is -1.51. The van der Waals surface area contributed by atoms with E-state index in [1.807, 2.05) is 17.1 Å². The van der Waals surface area contributed by atoms with Gasteiger partial charge in [-0.15, -0.1) is 0 Å². The summed E-state index contributed by atoms with van der Waals surface area (Å²) in [6.07, 6.45) is 9.40. The molecule has 1 saturated heterocycles. The van der Waals surface area contributed by atoms with Gasteiger partial charge in [0, 0.05) is 36.8 Å². The van der Waals surface area contributed by atoms with Crippen molar-refractivity contribution >= 4 is 21.1 Å². The number of nitrogens with one attached hydrogen (secondary N) is 1. The number of sulfonamides is 1. The molecular formula is C18H29N5O2S. The zero-order chi connectivity index (χ0) is 18.7. The van der Waals surface area contributed by atoms with Crippen molar-refractivity contribution in [3.8, 4) is 0 Å². The van der Waals surface area contributed by atoms with E-state index in [-0.39, 0.29) is 0 Å². The standard InChI is InChI=1S/C18H29N5O2S/c1-14(2)23-18-16(12-20-23)10-15(11-19-18)13-22-9-5-4-6-17(22)7-8-21-26(3,24)25/h10-12,14,17,21H,4-9,13H2,1-3H3. The fourth-order valence-electron chi connectivity index (χ4n) is 3.69. The first-order valence-corrected chi connectivity index (χ1v) is 11.2. The lowest BCUT2D eigenvalue weighted by Crippen LogP contribution is -2.41.